The lowest BCUT2D eigenvalue weighted by Crippen LogP contribution is -2.19. The maximum absolute atomic E-state index is 12.5. The van der Waals surface area contributed by atoms with Gasteiger partial charge < -0.3 is 4.98 Å². The van der Waals surface area contributed by atoms with Crippen LogP contribution >= 0.6 is 0 Å². The van der Waals surface area contributed by atoms with E-state index in [1.165, 1.54) is 0 Å². The van der Waals surface area contributed by atoms with Crippen LogP contribution in [0.15, 0.2) is 57.7 Å². The molecule has 0 unspecified atom stereocenters. The average Bonchev–Trinajstić information content (AvgIpc) is 3.08. The highest BCUT2D eigenvalue weighted by Gasteiger charge is 2.15. The maximum atomic E-state index is 12.5. The van der Waals surface area contributed by atoms with E-state index in [2.05, 4.69) is 20.2 Å². The standard InChI is InChI=1S/C14H14N6O/c1-10-12(17-18-14-15-8-9-16-14)13(21)20(19(10)2)11-6-4-3-5-7-11/h3-9H,1-2H3,(H,15,16). The van der Waals surface area contributed by atoms with Crippen LogP contribution in [-0.2, 0) is 7.05 Å². The third kappa shape index (κ3) is 2.29. The first kappa shape index (κ1) is 13.0. The van der Waals surface area contributed by atoms with Crippen molar-refractivity contribution in [1.29, 1.82) is 0 Å². The Morgan fingerprint density at radius 3 is 2.62 bits per heavy atom. The molecule has 1 N–H and O–H groups in total. The third-order valence-corrected chi connectivity index (χ3v) is 3.25. The first-order valence-corrected chi connectivity index (χ1v) is 6.43. The highest BCUT2D eigenvalue weighted by molar-refractivity contribution is 5.44. The Morgan fingerprint density at radius 2 is 1.95 bits per heavy atom. The van der Waals surface area contributed by atoms with Crippen LogP contribution in [0.2, 0.25) is 0 Å². The SMILES string of the molecule is Cc1c(N=Nc2ncc[nH]2)c(=O)n(-c2ccccc2)n1C. The minimum Gasteiger partial charge on any atom is -0.328 e. The highest BCUT2D eigenvalue weighted by atomic mass is 16.1. The summed E-state index contributed by atoms with van der Waals surface area (Å²) in [4.78, 5) is 19.3. The van der Waals surface area contributed by atoms with Crippen molar-refractivity contribution in [2.75, 3.05) is 0 Å². The van der Waals surface area contributed by atoms with Crippen molar-refractivity contribution >= 4 is 11.6 Å². The summed E-state index contributed by atoms with van der Waals surface area (Å²) in [5.41, 5.74) is 1.61. The fraction of sp³-hybridized carbons (Fsp3) is 0.143. The van der Waals surface area contributed by atoms with Crippen LogP contribution in [0.25, 0.3) is 5.69 Å². The number of nitrogens with zero attached hydrogens (tertiary/aromatic N) is 5. The van der Waals surface area contributed by atoms with E-state index in [-0.39, 0.29) is 5.56 Å². The Balaban J connectivity index is 2.10. The molecule has 1 aromatic carbocycles. The van der Waals surface area contributed by atoms with E-state index >= 15 is 0 Å². The summed E-state index contributed by atoms with van der Waals surface area (Å²) in [7, 11) is 1.82. The molecular formula is C14H14N6O. The molecule has 2 aromatic heterocycles. The summed E-state index contributed by atoms with van der Waals surface area (Å²) in [5.74, 6) is 0.365. The Morgan fingerprint density at radius 1 is 1.19 bits per heavy atom. The van der Waals surface area contributed by atoms with Crippen LogP contribution < -0.4 is 5.56 Å². The summed E-state index contributed by atoms with van der Waals surface area (Å²) in [6, 6.07) is 9.41. The molecule has 0 aliphatic carbocycles. The summed E-state index contributed by atoms with van der Waals surface area (Å²) in [5, 5.41) is 7.97. The number of rotatable bonds is 3. The molecule has 0 bridgehead atoms. The van der Waals surface area contributed by atoms with Crippen molar-refractivity contribution in [3.05, 3.63) is 58.8 Å². The number of para-hydroxylation sites is 1. The smallest absolute Gasteiger partial charge is 0.299 e. The zero-order chi connectivity index (χ0) is 14.8. The van der Waals surface area contributed by atoms with Gasteiger partial charge in [0.1, 0.15) is 0 Å². The Hall–Kier alpha value is -2.96. The van der Waals surface area contributed by atoms with Crippen molar-refractivity contribution in [2.45, 2.75) is 6.92 Å². The summed E-state index contributed by atoms with van der Waals surface area (Å²) in [6.45, 7) is 1.83. The quantitative estimate of drug-likeness (QED) is 0.749. The van der Waals surface area contributed by atoms with E-state index in [4.69, 9.17) is 0 Å². The molecule has 3 aromatic rings. The van der Waals surface area contributed by atoms with E-state index in [0.717, 1.165) is 11.4 Å². The molecule has 0 aliphatic rings. The van der Waals surface area contributed by atoms with Crippen molar-refractivity contribution in [1.82, 2.24) is 19.3 Å². The normalized spacial score (nSPS) is 11.3. The Kier molecular flexibility index (Phi) is 3.23. The minimum atomic E-state index is -0.212. The molecule has 0 amide bonds. The van der Waals surface area contributed by atoms with E-state index in [1.54, 1.807) is 21.8 Å². The number of nitrogens with one attached hydrogen (secondary N) is 1. The molecule has 0 fully saturated rings. The van der Waals surface area contributed by atoms with Gasteiger partial charge in [0.05, 0.1) is 11.4 Å². The maximum Gasteiger partial charge on any atom is 0.299 e. The lowest BCUT2D eigenvalue weighted by molar-refractivity contribution is 0.630. The average molecular weight is 282 g/mol. The van der Waals surface area contributed by atoms with Crippen LogP contribution in [0.5, 0.6) is 0 Å². The minimum absolute atomic E-state index is 0.212. The van der Waals surface area contributed by atoms with Gasteiger partial charge in [0, 0.05) is 19.4 Å². The van der Waals surface area contributed by atoms with Gasteiger partial charge in [0.25, 0.3) is 5.56 Å². The molecule has 21 heavy (non-hydrogen) atoms. The fourth-order valence-electron chi connectivity index (χ4n) is 2.08. The number of hydrogen-bond acceptors (Lipinski definition) is 4. The molecular weight excluding hydrogens is 268 g/mol. The van der Waals surface area contributed by atoms with Crippen LogP contribution in [0.4, 0.5) is 11.6 Å². The van der Waals surface area contributed by atoms with Crippen LogP contribution in [0.1, 0.15) is 5.69 Å². The van der Waals surface area contributed by atoms with Crippen molar-refractivity contribution in [3.63, 3.8) is 0 Å². The van der Waals surface area contributed by atoms with Gasteiger partial charge in [-0.25, -0.2) is 9.67 Å². The van der Waals surface area contributed by atoms with Gasteiger partial charge in [-0.15, -0.1) is 10.2 Å². The first-order chi connectivity index (χ1) is 10.2. The lowest BCUT2D eigenvalue weighted by atomic mass is 10.3. The molecule has 0 spiro atoms. The molecule has 0 radical (unpaired) electrons. The van der Waals surface area contributed by atoms with E-state index < -0.39 is 0 Å². The number of aromatic amines is 1. The van der Waals surface area contributed by atoms with Gasteiger partial charge in [-0.3, -0.25) is 9.48 Å². The van der Waals surface area contributed by atoms with E-state index in [1.807, 2.05) is 44.3 Å². The summed E-state index contributed by atoms with van der Waals surface area (Å²) >= 11 is 0. The molecule has 2 heterocycles. The van der Waals surface area contributed by atoms with E-state index in [0.29, 0.717) is 11.6 Å². The first-order valence-electron chi connectivity index (χ1n) is 6.43. The Bertz CT molecular complexity index is 826. The van der Waals surface area contributed by atoms with E-state index in [9.17, 15) is 4.79 Å². The Labute approximate surface area is 120 Å². The van der Waals surface area contributed by atoms with Gasteiger partial charge in [-0.1, -0.05) is 18.2 Å². The predicted octanol–water partition coefficient (Wildman–Crippen LogP) is 2.62. The van der Waals surface area contributed by atoms with Crippen LogP contribution in [-0.4, -0.2) is 19.3 Å². The fourth-order valence-corrected chi connectivity index (χ4v) is 2.08. The molecule has 7 nitrogen and oxygen atoms in total. The lowest BCUT2D eigenvalue weighted by Gasteiger charge is -2.07. The van der Waals surface area contributed by atoms with Crippen molar-refractivity contribution < 1.29 is 0 Å². The summed E-state index contributed by atoms with van der Waals surface area (Å²) < 4.78 is 3.32. The second-order valence-electron chi connectivity index (χ2n) is 4.52. The van der Waals surface area contributed by atoms with Gasteiger partial charge in [-0.2, -0.15) is 0 Å². The largest absolute Gasteiger partial charge is 0.328 e. The number of imidazole rings is 1. The monoisotopic (exact) mass is 282 g/mol. The second kappa shape index (κ2) is 5.20. The number of H-pyrrole nitrogens is 1. The number of azo groups is 1. The molecule has 3 rings (SSSR count). The van der Waals surface area contributed by atoms with Crippen LogP contribution in [0, 0.1) is 6.92 Å². The number of benzene rings is 1. The van der Waals surface area contributed by atoms with Gasteiger partial charge in [0.2, 0.25) is 5.95 Å². The second-order valence-corrected chi connectivity index (χ2v) is 4.52. The van der Waals surface area contributed by atoms with Crippen molar-refractivity contribution in [3.8, 4) is 5.69 Å². The highest BCUT2D eigenvalue weighted by Crippen LogP contribution is 2.18. The van der Waals surface area contributed by atoms with Gasteiger partial charge in [0.15, 0.2) is 5.69 Å². The zero-order valence-electron chi connectivity index (χ0n) is 11.7. The molecule has 7 heteroatoms. The predicted molar refractivity (Wildman–Crippen MR) is 78.5 cm³/mol. The number of aromatic nitrogens is 4. The van der Waals surface area contributed by atoms with Crippen LogP contribution in [0.3, 0.4) is 0 Å². The van der Waals surface area contributed by atoms with Gasteiger partial charge >= 0.3 is 0 Å². The molecule has 0 aliphatic heterocycles. The van der Waals surface area contributed by atoms with Crippen molar-refractivity contribution in [2.24, 2.45) is 17.3 Å². The topological polar surface area (TPSA) is 80.3 Å². The number of hydrogen-bond donors (Lipinski definition) is 1. The zero-order valence-corrected chi connectivity index (χ0v) is 11.7. The molecule has 0 atom stereocenters. The molecule has 0 saturated heterocycles. The molecule has 106 valence electrons. The van der Waals surface area contributed by atoms with Gasteiger partial charge in [-0.05, 0) is 19.1 Å². The summed E-state index contributed by atoms with van der Waals surface area (Å²) in [6.07, 6.45) is 3.23. The molecule has 0 saturated carbocycles. The third-order valence-electron chi connectivity index (χ3n) is 3.25.